The van der Waals surface area contributed by atoms with E-state index in [1.54, 1.807) is 24.3 Å². The van der Waals surface area contributed by atoms with E-state index in [2.05, 4.69) is 4.72 Å². The number of carboxylic acid groups (broad SMARTS) is 1. The molecule has 2 N–H and O–H groups in total. The summed E-state index contributed by atoms with van der Waals surface area (Å²) in [4.78, 5) is 11.8. The number of hydrogen-bond donors (Lipinski definition) is 2. The van der Waals surface area contributed by atoms with Crippen LogP contribution in [0, 0.1) is 0 Å². The molecule has 2 aromatic carbocycles. The first-order valence-corrected chi connectivity index (χ1v) is 10.6. The molecule has 2 atom stereocenters. The van der Waals surface area contributed by atoms with Crippen LogP contribution in [0.4, 0.5) is 0 Å². The van der Waals surface area contributed by atoms with Crippen molar-refractivity contribution in [2.24, 2.45) is 0 Å². The topological polar surface area (TPSA) is 95.9 Å². The first kappa shape index (κ1) is 19.2. The Kier molecular flexibility index (Phi) is 4.83. The van der Waals surface area contributed by atoms with Crippen molar-refractivity contribution in [2.45, 2.75) is 24.0 Å². The summed E-state index contributed by atoms with van der Waals surface area (Å²) in [5, 5.41) is 10.2. The van der Waals surface area contributed by atoms with Gasteiger partial charge in [-0.25, -0.2) is 0 Å². The minimum Gasteiger partial charge on any atom is -0.488 e. The van der Waals surface area contributed by atoms with E-state index in [1.165, 1.54) is 4.31 Å². The van der Waals surface area contributed by atoms with E-state index in [4.69, 9.17) is 16.3 Å². The lowest BCUT2D eigenvalue weighted by Crippen LogP contribution is -2.61. The van der Waals surface area contributed by atoms with Gasteiger partial charge in [-0.05, 0) is 36.2 Å². The average molecular weight is 423 g/mol. The van der Waals surface area contributed by atoms with Crippen LogP contribution in [-0.4, -0.2) is 48.5 Å². The molecule has 4 rings (SSSR count). The van der Waals surface area contributed by atoms with Gasteiger partial charge in [-0.2, -0.15) is 17.4 Å². The Morgan fingerprint density at radius 1 is 1.14 bits per heavy atom. The highest BCUT2D eigenvalue weighted by atomic mass is 35.5. The molecule has 0 radical (unpaired) electrons. The fraction of sp³-hybridized carbons (Fsp3) is 0.316. The van der Waals surface area contributed by atoms with Crippen LogP contribution in [0.5, 0.6) is 5.75 Å². The van der Waals surface area contributed by atoms with Gasteiger partial charge in [-0.1, -0.05) is 41.9 Å². The third-order valence-corrected chi connectivity index (χ3v) is 6.98. The molecule has 0 spiro atoms. The minimum atomic E-state index is -3.94. The molecule has 28 heavy (non-hydrogen) atoms. The fourth-order valence-electron chi connectivity index (χ4n) is 3.42. The summed E-state index contributed by atoms with van der Waals surface area (Å²) in [7, 11) is -3.94. The number of ether oxygens (including phenoxy) is 1. The molecule has 2 fully saturated rings. The Morgan fingerprint density at radius 2 is 1.79 bits per heavy atom. The molecule has 0 aromatic heterocycles. The van der Waals surface area contributed by atoms with Crippen LogP contribution in [0.25, 0.3) is 0 Å². The van der Waals surface area contributed by atoms with Crippen LogP contribution >= 0.6 is 11.6 Å². The zero-order valence-corrected chi connectivity index (χ0v) is 16.4. The number of hydrogen-bond acceptors (Lipinski definition) is 4. The number of nitrogens with zero attached hydrogens (tertiary/aromatic N) is 1. The van der Waals surface area contributed by atoms with E-state index >= 15 is 0 Å². The van der Waals surface area contributed by atoms with E-state index in [0.29, 0.717) is 10.8 Å². The molecule has 0 unspecified atom stereocenters. The SMILES string of the molecule is O=C(O)[C@@]1(NS(=O)(=O)N2CC(Oc3ccc(Cl)cc3)C2)C[C@H]1c1ccccc1. The van der Waals surface area contributed by atoms with Gasteiger partial charge >= 0.3 is 5.97 Å². The van der Waals surface area contributed by atoms with Gasteiger partial charge in [-0.3, -0.25) is 4.79 Å². The number of aliphatic carboxylic acids is 1. The van der Waals surface area contributed by atoms with Crippen LogP contribution in [0.15, 0.2) is 54.6 Å². The van der Waals surface area contributed by atoms with E-state index in [9.17, 15) is 18.3 Å². The van der Waals surface area contributed by atoms with E-state index in [-0.39, 0.29) is 31.5 Å². The third kappa shape index (κ3) is 3.60. The van der Waals surface area contributed by atoms with Gasteiger partial charge in [-0.15, -0.1) is 0 Å². The van der Waals surface area contributed by atoms with Crippen LogP contribution in [0.3, 0.4) is 0 Å². The summed E-state index contributed by atoms with van der Waals surface area (Å²) in [5.41, 5.74) is -0.692. The summed E-state index contributed by atoms with van der Waals surface area (Å²) in [6, 6.07) is 15.9. The van der Waals surface area contributed by atoms with Crippen LogP contribution in [0.1, 0.15) is 17.9 Å². The molecule has 2 aromatic rings. The molecule has 0 bridgehead atoms. The molecular formula is C19H19ClN2O5S. The van der Waals surface area contributed by atoms with Gasteiger partial charge in [0.15, 0.2) is 0 Å². The summed E-state index contributed by atoms with van der Waals surface area (Å²) in [6.07, 6.45) is -0.0629. The number of carbonyl (C=O) groups is 1. The number of benzene rings is 2. The number of nitrogens with one attached hydrogen (secondary N) is 1. The predicted octanol–water partition coefficient (Wildman–Crippen LogP) is 2.25. The molecule has 148 valence electrons. The highest BCUT2D eigenvalue weighted by molar-refractivity contribution is 7.87. The fourth-order valence-corrected chi connectivity index (χ4v) is 5.17. The second-order valence-electron chi connectivity index (χ2n) is 7.06. The quantitative estimate of drug-likeness (QED) is 0.713. The maximum atomic E-state index is 12.7. The minimum absolute atomic E-state index is 0.156. The highest BCUT2D eigenvalue weighted by Crippen LogP contribution is 2.52. The normalized spacial score (nSPS) is 25.1. The largest absolute Gasteiger partial charge is 0.488 e. The van der Waals surface area contributed by atoms with Gasteiger partial charge in [0.25, 0.3) is 10.2 Å². The molecule has 9 heteroatoms. The van der Waals surface area contributed by atoms with Crippen molar-refractivity contribution < 1.29 is 23.1 Å². The first-order valence-electron chi connectivity index (χ1n) is 8.80. The standard InChI is InChI=1S/C19H19ClN2O5S/c20-14-6-8-15(9-7-14)27-16-11-22(12-16)28(25,26)21-19(18(23)24)10-17(19)13-4-2-1-3-5-13/h1-9,16-17,21H,10-12H2,(H,23,24)/t17-,19+/m0/s1. The second-order valence-corrected chi connectivity index (χ2v) is 9.17. The lowest BCUT2D eigenvalue weighted by molar-refractivity contribution is -0.140. The molecule has 1 saturated heterocycles. The molecule has 1 heterocycles. The zero-order valence-electron chi connectivity index (χ0n) is 14.8. The summed E-state index contributed by atoms with van der Waals surface area (Å²) >= 11 is 5.83. The van der Waals surface area contributed by atoms with Crippen molar-refractivity contribution in [3.05, 3.63) is 65.2 Å². The van der Waals surface area contributed by atoms with Crippen molar-refractivity contribution in [1.82, 2.24) is 9.03 Å². The predicted molar refractivity (Wildman–Crippen MR) is 104 cm³/mol. The van der Waals surface area contributed by atoms with E-state index in [1.807, 2.05) is 30.3 Å². The molecule has 1 aliphatic carbocycles. The Morgan fingerprint density at radius 3 is 2.39 bits per heavy atom. The number of rotatable bonds is 7. The Bertz CT molecular complexity index is 977. The maximum Gasteiger partial charge on any atom is 0.325 e. The van der Waals surface area contributed by atoms with Gasteiger partial charge in [0.2, 0.25) is 0 Å². The molecule has 1 saturated carbocycles. The summed E-state index contributed by atoms with van der Waals surface area (Å²) < 4.78 is 34.7. The van der Waals surface area contributed by atoms with Gasteiger partial charge in [0.1, 0.15) is 17.4 Å². The first-order chi connectivity index (χ1) is 13.3. The Labute approximate surface area is 168 Å². The van der Waals surface area contributed by atoms with Crippen LogP contribution in [-0.2, 0) is 15.0 Å². The zero-order chi connectivity index (χ0) is 19.9. The lowest BCUT2D eigenvalue weighted by atomic mass is 10.1. The van der Waals surface area contributed by atoms with Crippen molar-refractivity contribution in [3.63, 3.8) is 0 Å². The van der Waals surface area contributed by atoms with E-state index in [0.717, 1.165) is 5.56 Å². The average Bonchev–Trinajstić information content (AvgIpc) is 3.35. The number of halogens is 1. The third-order valence-electron chi connectivity index (χ3n) is 5.13. The van der Waals surface area contributed by atoms with Gasteiger partial charge < -0.3 is 9.84 Å². The molecule has 0 amide bonds. The van der Waals surface area contributed by atoms with Crippen molar-refractivity contribution in [3.8, 4) is 5.75 Å². The molecular weight excluding hydrogens is 404 g/mol. The van der Waals surface area contributed by atoms with Gasteiger partial charge in [0.05, 0.1) is 13.1 Å². The molecule has 2 aliphatic rings. The van der Waals surface area contributed by atoms with Crippen molar-refractivity contribution >= 4 is 27.8 Å². The van der Waals surface area contributed by atoms with Crippen molar-refractivity contribution in [2.75, 3.05) is 13.1 Å². The van der Waals surface area contributed by atoms with Crippen LogP contribution < -0.4 is 9.46 Å². The Balaban J connectivity index is 1.39. The summed E-state index contributed by atoms with van der Waals surface area (Å²) in [5.74, 6) is -0.949. The smallest absolute Gasteiger partial charge is 0.325 e. The monoisotopic (exact) mass is 422 g/mol. The molecule has 7 nitrogen and oxygen atoms in total. The lowest BCUT2D eigenvalue weighted by Gasteiger charge is -2.38. The van der Waals surface area contributed by atoms with Gasteiger partial charge in [0, 0.05) is 10.9 Å². The van der Waals surface area contributed by atoms with Crippen molar-refractivity contribution in [1.29, 1.82) is 0 Å². The number of carboxylic acids is 1. The molecule has 1 aliphatic heterocycles. The van der Waals surface area contributed by atoms with E-state index < -0.39 is 21.7 Å². The highest BCUT2D eigenvalue weighted by Gasteiger charge is 2.64. The second kappa shape index (κ2) is 7.04. The summed E-state index contributed by atoms with van der Waals surface area (Å²) in [6.45, 7) is 0.313. The van der Waals surface area contributed by atoms with Crippen LogP contribution in [0.2, 0.25) is 5.02 Å². The Hall–Kier alpha value is -2.13. The maximum absolute atomic E-state index is 12.7.